The van der Waals surface area contributed by atoms with Gasteiger partial charge in [0, 0.05) is 12.4 Å². The summed E-state index contributed by atoms with van der Waals surface area (Å²) in [4.78, 5) is 7.90. The molecule has 4 nitrogen and oxygen atoms in total. The molecule has 0 spiro atoms. The van der Waals surface area contributed by atoms with Gasteiger partial charge in [0.1, 0.15) is 11.4 Å². The lowest BCUT2D eigenvalue weighted by atomic mass is 10.4. The van der Waals surface area contributed by atoms with Crippen molar-refractivity contribution in [2.45, 2.75) is 0 Å². The van der Waals surface area contributed by atoms with Gasteiger partial charge in [0.05, 0.1) is 12.4 Å². The fourth-order valence-corrected chi connectivity index (χ4v) is 0.720. The van der Waals surface area contributed by atoms with Crippen LogP contribution in [0.1, 0.15) is 0 Å². The van der Waals surface area contributed by atoms with E-state index < -0.39 is 0 Å². The Bertz CT molecular complexity index is 281. The molecule has 2 aliphatic rings. The second-order valence-corrected chi connectivity index (χ2v) is 1.82. The van der Waals surface area contributed by atoms with E-state index >= 15 is 0 Å². The zero-order valence-electron chi connectivity index (χ0n) is 5.10. The number of aromatic nitrogens is 4. The first-order chi connectivity index (χ1) is 4.97. The Labute approximate surface area is 57.3 Å². The SMILES string of the molecule is c1cnc2cnnc-2cn1. The third-order valence-electron chi connectivity index (χ3n) is 1.17. The molecule has 0 bridgehead atoms. The van der Waals surface area contributed by atoms with Crippen LogP contribution in [0.25, 0.3) is 11.4 Å². The summed E-state index contributed by atoms with van der Waals surface area (Å²) in [5.41, 5.74) is 1.50. The van der Waals surface area contributed by atoms with E-state index in [0.29, 0.717) is 0 Å². The smallest absolute Gasteiger partial charge is 0.131 e. The second kappa shape index (κ2) is 1.98. The molecule has 0 unspecified atom stereocenters. The lowest BCUT2D eigenvalue weighted by molar-refractivity contribution is 1.09. The van der Waals surface area contributed by atoms with Crippen molar-refractivity contribution in [3.05, 3.63) is 24.8 Å². The van der Waals surface area contributed by atoms with Crippen molar-refractivity contribution in [2.75, 3.05) is 0 Å². The van der Waals surface area contributed by atoms with Crippen LogP contribution in [0.15, 0.2) is 24.8 Å². The predicted molar refractivity (Wildman–Crippen MR) is 34.2 cm³/mol. The van der Waals surface area contributed by atoms with Gasteiger partial charge in [0.25, 0.3) is 0 Å². The minimum Gasteiger partial charge on any atom is -0.261 e. The van der Waals surface area contributed by atoms with Crippen LogP contribution in [-0.4, -0.2) is 20.2 Å². The first-order valence-electron chi connectivity index (χ1n) is 2.84. The molecule has 0 saturated carbocycles. The number of fused-ring (bicyclic) bond motifs is 1. The van der Waals surface area contributed by atoms with Crippen LogP contribution < -0.4 is 0 Å². The fraction of sp³-hybridized carbons (Fsp3) is 0. The van der Waals surface area contributed by atoms with E-state index in [0.717, 1.165) is 11.4 Å². The van der Waals surface area contributed by atoms with Gasteiger partial charge >= 0.3 is 0 Å². The summed E-state index contributed by atoms with van der Waals surface area (Å²) in [6, 6.07) is 0. The maximum absolute atomic E-state index is 4.02. The number of hydrogen-bond acceptors (Lipinski definition) is 4. The van der Waals surface area contributed by atoms with Crippen LogP contribution in [0, 0.1) is 0 Å². The molecule has 0 radical (unpaired) electrons. The Morgan fingerprint density at radius 2 is 2.00 bits per heavy atom. The summed E-state index contributed by atoms with van der Waals surface area (Å²) < 4.78 is 0. The minimum absolute atomic E-state index is 0.727. The highest BCUT2D eigenvalue weighted by molar-refractivity contribution is 5.50. The highest BCUT2D eigenvalue weighted by Crippen LogP contribution is 2.09. The number of nitrogens with zero attached hydrogens (tertiary/aromatic N) is 4. The second-order valence-electron chi connectivity index (χ2n) is 1.82. The largest absolute Gasteiger partial charge is 0.261 e. The minimum atomic E-state index is 0.727. The van der Waals surface area contributed by atoms with Crippen molar-refractivity contribution in [3.63, 3.8) is 0 Å². The molecular weight excluding hydrogens is 128 g/mol. The molecule has 2 aliphatic heterocycles. The zero-order valence-corrected chi connectivity index (χ0v) is 5.10. The van der Waals surface area contributed by atoms with Crippen LogP contribution in [0.2, 0.25) is 0 Å². The van der Waals surface area contributed by atoms with Gasteiger partial charge < -0.3 is 0 Å². The van der Waals surface area contributed by atoms with Gasteiger partial charge in [-0.2, -0.15) is 5.10 Å². The average Bonchev–Trinajstić information content (AvgIpc) is 2.28. The van der Waals surface area contributed by atoms with E-state index in [2.05, 4.69) is 20.2 Å². The Morgan fingerprint density at radius 1 is 1.00 bits per heavy atom. The first-order valence-corrected chi connectivity index (χ1v) is 2.84. The summed E-state index contributed by atoms with van der Waals surface area (Å²) in [6.45, 7) is 0. The van der Waals surface area contributed by atoms with Crippen molar-refractivity contribution in [1.29, 1.82) is 0 Å². The van der Waals surface area contributed by atoms with Gasteiger partial charge in [-0.15, -0.1) is 5.10 Å². The van der Waals surface area contributed by atoms with Gasteiger partial charge in [-0.3, -0.25) is 9.97 Å². The van der Waals surface area contributed by atoms with Crippen molar-refractivity contribution < 1.29 is 0 Å². The third-order valence-corrected chi connectivity index (χ3v) is 1.17. The maximum Gasteiger partial charge on any atom is 0.131 e. The van der Waals surface area contributed by atoms with E-state index in [1.54, 1.807) is 24.8 Å². The molecule has 0 atom stereocenters. The molecule has 0 amide bonds. The van der Waals surface area contributed by atoms with Crippen LogP contribution >= 0.6 is 0 Å². The lowest BCUT2D eigenvalue weighted by Crippen LogP contribution is -1.72. The standard InChI is InChI=1S/C6H4N4/c1-2-8-5-4-9-10-6(5)3-7-1/h1-4H. The maximum atomic E-state index is 4.02. The number of hydrogen-bond donors (Lipinski definition) is 0. The van der Waals surface area contributed by atoms with Crippen LogP contribution in [0.4, 0.5) is 0 Å². The summed E-state index contributed by atoms with van der Waals surface area (Å²) in [5, 5.41) is 7.46. The van der Waals surface area contributed by atoms with Gasteiger partial charge in [-0.1, -0.05) is 0 Å². The van der Waals surface area contributed by atoms with Gasteiger partial charge in [0.2, 0.25) is 0 Å². The predicted octanol–water partition coefficient (Wildman–Crippen LogP) is 0.371. The Balaban J connectivity index is 2.74. The Kier molecular flexibility index (Phi) is 1.04. The topological polar surface area (TPSA) is 51.6 Å². The molecule has 0 saturated heterocycles. The molecular formula is C6H4N4. The molecule has 0 N–H and O–H groups in total. The monoisotopic (exact) mass is 132 g/mol. The van der Waals surface area contributed by atoms with Gasteiger partial charge in [-0.05, 0) is 0 Å². The van der Waals surface area contributed by atoms with Gasteiger partial charge in [0.15, 0.2) is 0 Å². The quantitative estimate of drug-likeness (QED) is 0.519. The van der Waals surface area contributed by atoms with Crippen LogP contribution in [-0.2, 0) is 0 Å². The molecule has 0 fully saturated rings. The van der Waals surface area contributed by atoms with E-state index in [1.807, 2.05) is 0 Å². The first kappa shape index (κ1) is 5.22. The van der Waals surface area contributed by atoms with Gasteiger partial charge in [-0.25, -0.2) is 0 Å². The Morgan fingerprint density at radius 3 is 3.00 bits per heavy atom. The zero-order chi connectivity index (χ0) is 6.81. The normalized spacial score (nSPS) is 10.0. The van der Waals surface area contributed by atoms with Crippen molar-refractivity contribution in [3.8, 4) is 11.4 Å². The molecule has 2 rings (SSSR count). The molecule has 0 aliphatic carbocycles. The van der Waals surface area contributed by atoms with E-state index in [1.165, 1.54) is 0 Å². The van der Waals surface area contributed by atoms with E-state index in [-0.39, 0.29) is 0 Å². The Hall–Kier alpha value is -1.58. The van der Waals surface area contributed by atoms with Crippen molar-refractivity contribution in [1.82, 2.24) is 20.2 Å². The third kappa shape index (κ3) is 0.699. The molecule has 2 heterocycles. The van der Waals surface area contributed by atoms with Crippen LogP contribution in [0.5, 0.6) is 0 Å². The van der Waals surface area contributed by atoms with Crippen molar-refractivity contribution in [2.24, 2.45) is 0 Å². The molecule has 0 aromatic heterocycles. The number of rotatable bonds is 0. The molecule has 0 aromatic rings. The van der Waals surface area contributed by atoms with Crippen molar-refractivity contribution >= 4 is 0 Å². The molecule has 0 aromatic carbocycles. The highest BCUT2D eigenvalue weighted by atomic mass is 15.1. The van der Waals surface area contributed by atoms with E-state index in [9.17, 15) is 0 Å². The lowest BCUT2D eigenvalue weighted by Gasteiger charge is -1.78. The summed E-state index contributed by atoms with van der Waals surface area (Å²) in [5.74, 6) is 0. The highest BCUT2D eigenvalue weighted by Gasteiger charge is 2.01. The molecule has 10 heavy (non-hydrogen) atoms. The fourth-order valence-electron chi connectivity index (χ4n) is 0.720. The summed E-state index contributed by atoms with van der Waals surface area (Å²) in [7, 11) is 0. The summed E-state index contributed by atoms with van der Waals surface area (Å²) in [6.07, 6.45) is 6.47. The van der Waals surface area contributed by atoms with Crippen LogP contribution in [0.3, 0.4) is 0 Å². The summed E-state index contributed by atoms with van der Waals surface area (Å²) >= 11 is 0. The molecule has 48 valence electrons. The average molecular weight is 132 g/mol. The molecule has 4 heteroatoms. The van der Waals surface area contributed by atoms with E-state index in [4.69, 9.17) is 0 Å².